The molecule has 1 aromatic rings. The number of halogens is 1. The van der Waals surface area contributed by atoms with Crippen LogP contribution in [0.25, 0.3) is 0 Å². The van der Waals surface area contributed by atoms with E-state index in [2.05, 4.69) is 5.32 Å². The van der Waals surface area contributed by atoms with Crippen LogP contribution in [0.5, 0.6) is 0 Å². The molecular formula is C14H19ClN2O3. The molecule has 0 bridgehead atoms. The van der Waals surface area contributed by atoms with Gasteiger partial charge in [0.05, 0.1) is 0 Å². The van der Waals surface area contributed by atoms with Crippen LogP contribution in [0, 0.1) is 5.92 Å². The fourth-order valence-corrected chi connectivity index (χ4v) is 1.66. The number of hydrogen-bond acceptors (Lipinski definition) is 2. The summed E-state index contributed by atoms with van der Waals surface area (Å²) in [6.07, 6.45) is 0.945. The number of rotatable bonds is 6. The van der Waals surface area contributed by atoms with Crippen molar-refractivity contribution in [3.8, 4) is 0 Å². The summed E-state index contributed by atoms with van der Waals surface area (Å²) in [4.78, 5) is 24.2. The van der Waals surface area contributed by atoms with Crippen LogP contribution in [0.15, 0.2) is 24.3 Å². The van der Waals surface area contributed by atoms with Gasteiger partial charge in [-0.3, -0.25) is 9.69 Å². The smallest absolute Gasteiger partial charge is 0.323 e. The summed E-state index contributed by atoms with van der Waals surface area (Å²) < 4.78 is 0. The van der Waals surface area contributed by atoms with Gasteiger partial charge in [0.1, 0.15) is 6.54 Å². The lowest BCUT2D eigenvalue weighted by atomic mass is 10.1. The first-order valence-electron chi connectivity index (χ1n) is 6.46. The van der Waals surface area contributed by atoms with Crippen molar-refractivity contribution in [2.75, 3.05) is 18.0 Å². The number of anilines is 1. The van der Waals surface area contributed by atoms with E-state index in [1.54, 1.807) is 24.3 Å². The molecule has 0 heterocycles. The lowest BCUT2D eigenvalue weighted by molar-refractivity contribution is -0.135. The Bertz CT molecular complexity index is 462. The molecule has 0 saturated carbocycles. The van der Waals surface area contributed by atoms with E-state index in [4.69, 9.17) is 16.7 Å². The lowest BCUT2D eigenvalue weighted by Gasteiger charge is -2.22. The van der Waals surface area contributed by atoms with Gasteiger partial charge in [-0.15, -0.1) is 0 Å². The Morgan fingerprint density at radius 2 is 1.95 bits per heavy atom. The Kier molecular flexibility index (Phi) is 6.31. The van der Waals surface area contributed by atoms with Crippen LogP contribution in [0.1, 0.15) is 20.3 Å². The lowest BCUT2D eigenvalue weighted by Crippen LogP contribution is -2.44. The second-order valence-electron chi connectivity index (χ2n) is 4.66. The van der Waals surface area contributed by atoms with Crippen LogP contribution in [-0.2, 0) is 4.79 Å². The van der Waals surface area contributed by atoms with Crippen molar-refractivity contribution >= 4 is 29.3 Å². The van der Waals surface area contributed by atoms with Crippen molar-refractivity contribution in [3.63, 3.8) is 0 Å². The zero-order chi connectivity index (χ0) is 15.1. The first kappa shape index (κ1) is 16.3. The van der Waals surface area contributed by atoms with Gasteiger partial charge in [-0.2, -0.15) is 0 Å². The van der Waals surface area contributed by atoms with Crippen LogP contribution in [0.3, 0.4) is 0 Å². The van der Waals surface area contributed by atoms with Gasteiger partial charge < -0.3 is 10.4 Å². The highest BCUT2D eigenvalue weighted by Crippen LogP contribution is 2.18. The van der Waals surface area contributed by atoms with Gasteiger partial charge in [0.15, 0.2) is 0 Å². The van der Waals surface area contributed by atoms with Crippen molar-refractivity contribution in [3.05, 3.63) is 29.3 Å². The molecule has 1 unspecified atom stereocenters. The van der Waals surface area contributed by atoms with E-state index in [0.29, 0.717) is 23.2 Å². The molecule has 1 rings (SSSR count). The highest BCUT2D eigenvalue weighted by atomic mass is 35.5. The SMILES string of the molecule is CCC(C)CNC(=O)N(CC(=O)O)c1ccc(Cl)cc1. The first-order chi connectivity index (χ1) is 9.43. The Labute approximate surface area is 123 Å². The van der Waals surface area contributed by atoms with Crippen molar-refractivity contribution in [2.45, 2.75) is 20.3 Å². The number of carboxylic acids is 1. The van der Waals surface area contributed by atoms with E-state index in [-0.39, 0.29) is 0 Å². The maximum atomic E-state index is 12.1. The Hall–Kier alpha value is -1.75. The van der Waals surface area contributed by atoms with Crippen LogP contribution >= 0.6 is 11.6 Å². The third kappa shape index (κ3) is 5.09. The summed E-state index contributed by atoms with van der Waals surface area (Å²) in [5.74, 6) is -0.727. The molecule has 1 aromatic carbocycles. The van der Waals surface area contributed by atoms with Crippen LogP contribution in [0.4, 0.5) is 10.5 Å². The number of hydrogen-bond donors (Lipinski definition) is 2. The number of urea groups is 1. The highest BCUT2D eigenvalue weighted by molar-refractivity contribution is 6.30. The molecule has 0 aliphatic heterocycles. The third-order valence-corrected chi connectivity index (χ3v) is 3.23. The molecule has 0 aliphatic rings. The van der Waals surface area contributed by atoms with Crippen molar-refractivity contribution in [1.29, 1.82) is 0 Å². The number of carbonyl (C=O) groups is 2. The summed E-state index contributed by atoms with van der Waals surface area (Å²) in [5, 5.41) is 12.2. The molecule has 0 saturated heterocycles. The second-order valence-corrected chi connectivity index (χ2v) is 5.09. The van der Waals surface area contributed by atoms with Gasteiger partial charge in [0.25, 0.3) is 0 Å². The number of carbonyl (C=O) groups excluding carboxylic acids is 1. The number of nitrogens with zero attached hydrogens (tertiary/aromatic N) is 1. The topological polar surface area (TPSA) is 69.6 Å². The van der Waals surface area contributed by atoms with Gasteiger partial charge in [0.2, 0.25) is 0 Å². The normalized spacial score (nSPS) is 11.8. The summed E-state index contributed by atoms with van der Waals surface area (Å²) in [6.45, 7) is 4.17. The van der Waals surface area contributed by atoms with Gasteiger partial charge in [-0.05, 0) is 30.2 Å². The van der Waals surface area contributed by atoms with Crippen molar-refractivity contribution in [1.82, 2.24) is 5.32 Å². The predicted molar refractivity (Wildman–Crippen MR) is 79.3 cm³/mol. The number of benzene rings is 1. The molecule has 0 aromatic heterocycles. The van der Waals surface area contributed by atoms with Gasteiger partial charge >= 0.3 is 12.0 Å². The predicted octanol–water partition coefficient (Wildman–Crippen LogP) is 2.99. The Morgan fingerprint density at radius 1 is 1.35 bits per heavy atom. The summed E-state index contributed by atoms with van der Waals surface area (Å²) in [7, 11) is 0. The average molecular weight is 299 g/mol. The van der Waals surface area contributed by atoms with E-state index in [1.807, 2.05) is 13.8 Å². The molecule has 6 heteroatoms. The van der Waals surface area contributed by atoms with Gasteiger partial charge in [0, 0.05) is 17.3 Å². The minimum atomic E-state index is -1.07. The van der Waals surface area contributed by atoms with Crippen LogP contribution < -0.4 is 10.2 Å². The molecule has 5 nitrogen and oxygen atoms in total. The van der Waals surface area contributed by atoms with E-state index in [9.17, 15) is 9.59 Å². The fraction of sp³-hybridized carbons (Fsp3) is 0.429. The molecule has 0 spiro atoms. The van der Waals surface area contributed by atoms with Crippen molar-refractivity contribution in [2.24, 2.45) is 5.92 Å². The molecule has 0 fully saturated rings. The minimum absolute atomic E-state index is 0.343. The van der Waals surface area contributed by atoms with Gasteiger partial charge in [-0.25, -0.2) is 4.79 Å². The summed E-state index contributed by atoms with van der Waals surface area (Å²) >= 11 is 5.79. The van der Waals surface area contributed by atoms with E-state index >= 15 is 0 Å². The van der Waals surface area contributed by atoms with E-state index in [1.165, 1.54) is 4.90 Å². The number of amides is 2. The number of aliphatic carboxylic acids is 1. The maximum absolute atomic E-state index is 12.1. The summed E-state index contributed by atoms with van der Waals surface area (Å²) in [5.41, 5.74) is 0.499. The van der Waals surface area contributed by atoms with E-state index in [0.717, 1.165) is 6.42 Å². The van der Waals surface area contributed by atoms with Crippen molar-refractivity contribution < 1.29 is 14.7 Å². The molecular weight excluding hydrogens is 280 g/mol. The monoisotopic (exact) mass is 298 g/mol. The molecule has 20 heavy (non-hydrogen) atoms. The van der Waals surface area contributed by atoms with Crippen LogP contribution in [-0.4, -0.2) is 30.2 Å². The highest BCUT2D eigenvalue weighted by Gasteiger charge is 2.18. The Balaban J connectivity index is 2.80. The zero-order valence-electron chi connectivity index (χ0n) is 11.6. The quantitative estimate of drug-likeness (QED) is 0.848. The minimum Gasteiger partial charge on any atom is -0.480 e. The molecule has 0 radical (unpaired) electrons. The third-order valence-electron chi connectivity index (χ3n) is 2.98. The average Bonchev–Trinajstić information content (AvgIpc) is 2.42. The largest absolute Gasteiger partial charge is 0.480 e. The zero-order valence-corrected chi connectivity index (χ0v) is 12.4. The summed E-state index contributed by atoms with van der Waals surface area (Å²) in [6, 6.07) is 6.05. The standard InChI is InChI=1S/C14H19ClN2O3/c1-3-10(2)8-16-14(20)17(9-13(18)19)12-6-4-11(15)5-7-12/h4-7,10H,3,8-9H2,1-2H3,(H,16,20)(H,18,19). The first-order valence-corrected chi connectivity index (χ1v) is 6.84. The molecule has 0 aliphatic carbocycles. The molecule has 110 valence electrons. The molecule has 2 amide bonds. The second kappa shape index (κ2) is 7.75. The molecule has 1 atom stereocenters. The number of nitrogens with one attached hydrogen (secondary N) is 1. The number of carboxylic acid groups (broad SMARTS) is 1. The Morgan fingerprint density at radius 3 is 2.45 bits per heavy atom. The maximum Gasteiger partial charge on any atom is 0.323 e. The fourth-order valence-electron chi connectivity index (χ4n) is 1.54. The molecule has 2 N–H and O–H groups in total. The van der Waals surface area contributed by atoms with Crippen LogP contribution in [0.2, 0.25) is 5.02 Å². The van der Waals surface area contributed by atoms with Gasteiger partial charge in [-0.1, -0.05) is 31.9 Å². The van der Waals surface area contributed by atoms with E-state index < -0.39 is 18.5 Å².